The van der Waals surface area contributed by atoms with Crippen LogP contribution >= 0.6 is 0 Å². The first kappa shape index (κ1) is 45.3. The predicted octanol–water partition coefficient (Wildman–Crippen LogP) is 8.23. The minimum absolute atomic E-state index is 0.187. The summed E-state index contributed by atoms with van der Waals surface area (Å²) in [7, 11) is 1.72. The summed E-state index contributed by atoms with van der Waals surface area (Å²) >= 11 is 0. The third-order valence-corrected chi connectivity index (χ3v) is 11.2. The number of hydrazine groups is 1. The third-order valence-electron chi connectivity index (χ3n) is 11.2. The van der Waals surface area contributed by atoms with Gasteiger partial charge in [-0.05, 0) is 72.0 Å². The van der Waals surface area contributed by atoms with E-state index in [1.54, 1.807) is 66.5 Å². The van der Waals surface area contributed by atoms with E-state index in [0.717, 1.165) is 26.7 Å². The van der Waals surface area contributed by atoms with Gasteiger partial charge in [-0.1, -0.05) is 109 Å². The Morgan fingerprint density at radius 3 is 1.86 bits per heavy atom. The number of benzene rings is 6. The van der Waals surface area contributed by atoms with Crippen molar-refractivity contribution in [2.45, 2.75) is 25.5 Å². The number of likely N-dealkylation sites (N-methyl/N-ethyl adjacent to an activating group) is 1. The average molecular weight is 877 g/mol. The summed E-state index contributed by atoms with van der Waals surface area (Å²) in [6, 6.07) is 44.3. The van der Waals surface area contributed by atoms with Crippen LogP contribution in [0.15, 0.2) is 152 Å². The normalized spacial score (nSPS) is 12.8. The Bertz CT molecular complexity index is 2590. The highest BCUT2D eigenvalue weighted by molar-refractivity contribution is 6.06. The number of rotatable bonds is 15. The Balaban J connectivity index is 0.962. The van der Waals surface area contributed by atoms with Crippen LogP contribution < -0.4 is 20.7 Å². The number of amides is 4. The molecule has 6 aromatic rings. The quantitative estimate of drug-likeness (QED) is 0.0384. The van der Waals surface area contributed by atoms with Crippen LogP contribution in [0.1, 0.15) is 39.1 Å². The number of nitrogens with one attached hydrogen (secondary N) is 2. The Morgan fingerprint density at radius 2 is 1.25 bits per heavy atom. The number of nitrogens with zero attached hydrogens (tertiary/aromatic N) is 4. The van der Waals surface area contributed by atoms with Gasteiger partial charge < -0.3 is 40.5 Å². The van der Waals surface area contributed by atoms with Crippen molar-refractivity contribution < 1.29 is 39.2 Å². The number of anilines is 2. The number of piperidine rings is 1. The summed E-state index contributed by atoms with van der Waals surface area (Å²) in [5, 5.41) is 38.2. The monoisotopic (exact) mass is 876 g/mol. The zero-order chi connectivity index (χ0) is 45.7. The highest BCUT2D eigenvalue weighted by Crippen LogP contribution is 2.38. The second-order valence-electron chi connectivity index (χ2n) is 15.7. The standard InChI is InChI=1S/C51H52N6O8/c1-54(49(61)40-18-12-17-39(34-40)48(60)53-28-27-52-35-36-23-24-46(58)47(59)33-36)31-32-55-29-25-41(26-30-55)65-51(64)57(45-22-11-9-20-43(45)38-15-6-3-7-16-38)56(50(62)63)44-21-10-8-19-42(44)37-13-4-2-5-14-37/h2-24,33-34,41,52,58-59H,25-32,35H2,1H3,(H,53,60)(H,62,63). The maximum atomic E-state index is 14.6. The highest BCUT2D eigenvalue weighted by atomic mass is 16.6. The lowest BCUT2D eigenvalue weighted by Crippen LogP contribution is -2.52. The molecule has 0 atom stereocenters. The number of ether oxygens (including phenoxy) is 1. The van der Waals surface area contributed by atoms with Gasteiger partial charge in [0, 0.05) is 75.1 Å². The van der Waals surface area contributed by atoms with E-state index in [1.807, 2.05) is 84.9 Å². The lowest BCUT2D eigenvalue weighted by molar-refractivity contribution is 0.0503. The second-order valence-corrected chi connectivity index (χ2v) is 15.7. The van der Waals surface area contributed by atoms with Crippen molar-refractivity contribution in [3.8, 4) is 33.8 Å². The van der Waals surface area contributed by atoms with Crippen LogP contribution in [0.2, 0.25) is 0 Å². The average Bonchev–Trinajstić information content (AvgIpc) is 3.34. The van der Waals surface area contributed by atoms with Crippen LogP contribution in [0, 0.1) is 0 Å². The summed E-state index contributed by atoms with van der Waals surface area (Å²) in [6.45, 7) is 3.39. The SMILES string of the molecule is CN(CCN1CCC(OC(=O)N(c2ccccc2-c2ccccc2)N(C(=O)O)c2ccccc2-c2ccccc2)CC1)C(=O)c1cccc(C(=O)NCCNCc2ccc(O)c(O)c2)c1. The first-order chi connectivity index (χ1) is 31.6. The molecule has 14 heteroatoms. The van der Waals surface area contributed by atoms with Gasteiger partial charge in [0.05, 0.1) is 11.4 Å². The second kappa shape index (κ2) is 21.6. The van der Waals surface area contributed by atoms with Crippen LogP contribution in [-0.2, 0) is 11.3 Å². The van der Waals surface area contributed by atoms with Crippen molar-refractivity contribution in [3.63, 3.8) is 0 Å². The largest absolute Gasteiger partial charge is 0.504 e. The van der Waals surface area contributed by atoms with E-state index in [1.165, 1.54) is 12.1 Å². The summed E-state index contributed by atoms with van der Waals surface area (Å²) in [5.74, 6) is -0.923. The molecule has 4 amide bonds. The first-order valence-corrected chi connectivity index (χ1v) is 21.5. The van der Waals surface area contributed by atoms with Gasteiger partial charge in [-0.15, -0.1) is 0 Å². The zero-order valence-corrected chi connectivity index (χ0v) is 36.0. The topological polar surface area (TPSA) is 175 Å². The summed E-state index contributed by atoms with van der Waals surface area (Å²) in [4.78, 5) is 58.2. The number of phenols is 2. The van der Waals surface area contributed by atoms with Crippen LogP contribution in [0.25, 0.3) is 22.3 Å². The molecule has 0 unspecified atom stereocenters. The minimum atomic E-state index is -1.37. The number of hydrogen-bond acceptors (Lipinski definition) is 9. The molecule has 5 N–H and O–H groups in total. The molecule has 0 aliphatic carbocycles. The fourth-order valence-electron chi connectivity index (χ4n) is 7.75. The number of hydrogen-bond donors (Lipinski definition) is 5. The molecule has 7 rings (SSSR count). The maximum Gasteiger partial charge on any atom is 0.434 e. The Labute approximate surface area is 377 Å². The van der Waals surface area contributed by atoms with E-state index >= 15 is 0 Å². The van der Waals surface area contributed by atoms with Gasteiger partial charge in [0.25, 0.3) is 11.8 Å². The molecule has 1 fully saturated rings. The highest BCUT2D eigenvalue weighted by Gasteiger charge is 2.36. The number of carbonyl (C=O) groups excluding carboxylic acids is 3. The van der Waals surface area contributed by atoms with Gasteiger partial charge in [0.1, 0.15) is 6.10 Å². The van der Waals surface area contributed by atoms with Crippen molar-refractivity contribution in [2.24, 2.45) is 0 Å². The predicted molar refractivity (Wildman–Crippen MR) is 250 cm³/mol. The molecule has 1 aliphatic heterocycles. The molecule has 0 radical (unpaired) electrons. The Morgan fingerprint density at radius 1 is 0.662 bits per heavy atom. The Kier molecular flexibility index (Phi) is 15.1. The molecule has 1 saturated heterocycles. The van der Waals surface area contributed by atoms with Crippen LogP contribution in [0.3, 0.4) is 0 Å². The van der Waals surface area contributed by atoms with E-state index in [-0.39, 0.29) is 29.0 Å². The minimum Gasteiger partial charge on any atom is -0.504 e. The molecule has 334 valence electrons. The van der Waals surface area contributed by atoms with Gasteiger partial charge in [0.2, 0.25) is 0 Å². The molecule has 0 aromatic heterocycles. The van der Waals surface area contributed by atoms with Gasteiger partial charge >= 0.3 is 12.2 Å². The number of phenolic OH excluding ortho intramolecular Hbond substituents is 2. The number of para-hydroxylation sites is 2. The molecule has 1 heterocycles. The van der Waals surface area contributed by atoms with E-state index in [0.29, 0.717) is 86.6 Å². The summed E-state index contributed by atoms with van der Waals surface area (Å²) in [5.41, 5.74) is 4.99. The van der Waals surface area contributed by atoms with Gasteiger partial charge in [0.15, 0.2) is 11.5 Å². The van der Waals surface area contributed by atoms with Crippen LogP contribution in [0.4, 0.5) is 21.0 Å². The van der Waals surface area contributed by atoms with Crippen molar-refractivity contribution in [2.75, 3.05) is 56.3 Å². The molecule has 14 nitrogen and oxygen atoms in total. The maximum absolute atomic E-state index is 14.6. The smallest absolute Gasteiger partial charge is 0.434 e. The van der Waals surface area contributed by atoms with E-state index in [9.17, 15) is 34.5 Å². The lowest BCUT2D eigenvalue weighted by atomic mass is 10.0. The van der Waals surface area contributed by atoms with E-state index in [4.69, 9.17) is 4.74 Å². The number of likely N-dealkylation sites (tertiary alicyclic amines) is 1. The molecule has 0 saturated carbocycles. The summed E-state index contributed by atoms with van der Waals surface area (Å²) in [6.07, 6.45) is -1.70. The van der Waals surface area contributed by atoms with Gasteiger partial charge in [-0.3, -0.25) is 9.59 Å². The van der Waals surface area contributed by atoms with Gasteiger partial charge in [-0.2, -0.15) is 10.0 Å². The van der Waals surface area contributed by atoms with Crippen LogP contribution in [0.5, 0.6) is 11.5 Å². The van der Waals surface area contributed by atoms with E-state index < -0.39 is 18.3 Å². The number of carboxylic acid groups (broad SMARTS) is 1. The van der Waals surface area contributed by atoms with Crippen molar-refractivity contribution in [1.82, 2.24) is 20.4 Å². The zero-order valence-electron chi connectivity index (χ0n) is 36.0. The first-order valence-electron chi connectivity index (χ1n) is 21.5. The van der Waals surface area contributed by atoms with E-state index in [2.05, 4.69) is 15.5 Å². The molecular weight excluding hydrogens is 825 g/mol. The molecular formula is C51H52N6O8. The summed E-state index contributed by atoms with van der Waals surface area (Å²) < 4.78 is 6.20. The number of aromatic hydroxyl groups is 2. The van der Waals surface area contributed by atoms with Crippen molar-refractivity contribution in [3.05, 3.63) is 168 Å². The third kappa shape index (κ3) is 11.5. The van der Waals surface area contributed by atoms with Crippen molar-refractivity contribution in [1.29, 1.82) is 0 Å². The molecule has 0 spiro atoms. The van der Waals surface area contributed by atoms with Crippen LogP contribution in [-0.4, -0.2) is 102 Å². The molecule has 6 aromatic carbocycles. The fourth-order valence-corrected chi connectivity index (χ4v) is 7.75. The fraction of sp³-hybridized carbons (Fsp3) is 0.216. The molecule has 0 bridgehead atoms. The molecule has 65 heavy (non-hydrogen) atoms. The van der Waals surface area contributed by atoms with Crippen molar-refractivity contribution >= 4 is 35.4 Å². The molecule has 1 aliphatic rings. The number of carbonyl (C=O) groups is 4. The Hall–Kier alpha value is -7.68. The van der Waals surface area contributed by atoms with Gasteiger partial charge in [-0.25, -0.2) is 9.59 Å². The lowest BCUT2D eigenvalue weighted by Gasteiger charge is -2.37.